The molecule has 0 aliphatic carbocycles. The van der Waals surface area contributed by atoms with Gasteiger partial charge in [0.05, 0.1) is 13.7 Å². The molecule has 1 aliphatic heterocycles. The average Bonchev–Trinajstić information content (AvgIpc) is 2.44. The topological polar surface area (TPSA) is 38.7 Å². The van der Waals surface area contributed by atoms with Crippen LogP contribution in [0.15, 0.2) is 24.3 Å². The Morgan fingerprint density at radius 3 is 2.67 bits per heavy atom. The zero-order valence-electron chi connectivity index (χ0n) is 13.5. The normalized spacial score (nSPS) is 16.9. The Bertz CT molecular complexity index is 595. The predicted octanol–water partition coefficient (Wildman–Crippen LogP) is 4.06. The van der Waals surface area contributed by atoms with Gasteiger partial charge in [-0.25, -0.2) is 0 Å². The lowest BCUT2D eigenvalue weighted by atomic mass is 9.90. The molecule has 0 fully saturated rings. The van der Waals surface area contributed by atoms with Crippen LogP contribution in [0.25, 0.3) is 11.1 Å². The third-order valence-electron chi connectivity index (χ3n) is 3.75. The zero-order chi connectivity index (χ0) is 15.6. The summed E-state index contributed by atoms with van der Waals surface area (Å²) in [6.45, 7) is 8.26. The van der Waals surface area contributed by atoms with Gasteiger partial charge in [0.15, 0.2) is 0 Å². The molecule has 1 N–H and O–H groups in total. The van der Waals surface area contributed by atoms with Crippen LogP contribution in [0.5, 0.6) is 11.5 Å². The van der Waals surface area contributed by atoms with E-state index in [9.17, 15) is 0 Å². The molecule has 1 aliphatic rings. The van der Waals surface area contributed by atoms with Crippen molar-refractivity contribution >= 4 is 11.1 Å². The third kappa shape index (κ3) is 3.13. The maximum Gasteiger partial charge on any atom is 0.131 e. The second-order valence-corrected chi connectivity index (χ2v) is 5.85. The molecule has 0 radical (unpaired) electrons. The maximum atomic E-state index is 9.11. The standard InChI is InChI=1S/C18H24O3/c1-6-13-11-18(3,4)21-17-10-16(20-5)14(9-15(13)17)12(2)7-8-19/h7,9-11,19H,6,8H2,1-5H3/b12-7+. The lowest BCUT2D eigenvalue weighted by Crippen LogP contribution is -2.29. The first-order valence-corrected chi connectivity index (χ1v) is 7.33. The number of rotatable bonds is 4. The molecule has 2 rings (SSSR count). The summed E-state index contributed by atoms with van der Waals surface area (Å²) in [6.07, 6.45) is 4.91. The maximum absolute atomic E-state index is 9.11. The van der Waals surface area contributed by atoms with Gasteiger partial charge in [0.25, 0.3) is 0 Å². The molecule has 1 aromatic rings. The highest BCUT2D eigenvalue weighted by atomic mass is 16.5. The molecule has 0 aromatic heterocycles. The molecular formula is C18H24O3. The summed E-state index contributed by atoms with van der Waals surface area (Å²) in [7, 11) is 1.65. The van der Waals surface area contributed by atoms with E-state index in [0.29, 0.717) is 0 Å². The lowest BCUT2D eigenvalue weighted by molar-refractivity contribution is 0.157. The first-order chi connectivity index (χ1) is 9.91. The molecular weight excluding hydrogens is 264 g/mol. The van der Waals surface area contributed by atoms with E-state index in [1.165, 1.54) is 5.57 Å². The molecule has 0 bridgehead atoms. The third-order valence-corrected chi connectivity index (χ3v) is 3.75. The molecule has 0 unspecified atom stereocenters. The number of aliphatic hydroxyl groups excluding tert-OH is 1. The summed E-state index contributed by atoms with van der Waals surface area (Å²) in [5, 5.41) is 9.11. The number of fused-ring (bicyclic) bond motifs is 1. The number of allylic oxidation sites excluding steroid dienone is 2. The molecule has 3 heteroatoms. The fourth-order valence-electron chi connectivity index (χ4n) is 2.72. The van der Waals surface area contributed by atoms with E-state index in [4.69, 9.17) is 14.6 Å². The van der Waals surface area contributed by atoms with Crippen LogP contribution in [-0.4, -0.2) is 24.4 Å². The highest BCUT2D eigenvalue weighted by Gasteiger charge is 2.27. The van der Waals surface area contributed by atoms with Crippen LogP contribution >= 0.6 is 0 Å². The van der Waals surface area contributed by atoms with Crippen molar-refractivity contribution in [2.45, 2.75) is 39.7 Å². The van der Waals surface area contributed by atoms with Gasteiger partial charge in [0.1, 0.15) is 17.1 Å². The summed E-state index contributed by atoms with van der Waals surface area (Å²) in [5.74, 6) is 1.63. The monoisotopic (exact) mass is 288 g/mol. The molecule has 0 saturated carbocycles. The molecule has 1 heterocycles. The minimum absolute atomic E-state index is 0.0199. The second-order valence-electron chi connectivity index (χ2n) is 5.85. The van der Waals surface area contributed by atoms with Crippen LogP contribution in [0.1, 0.15) is 45.2 Å². The van der Waals surface area contributed by atoms with Gasteiger partial charge < -0.3 is 14.6 Å². The number of hydrogen-bond donors (Lipinski definition) is 1. The summed E-state index contributed by atoms with van der Waals surface area (Å²) in [4.78, 5) is 0. The van der Waals surface area contributed by atoms with Crippen molar-refractivity contribution in [3.8, 4) is 11.5 Å². The Labute approximate surface area is 126 Å². The van der Waals surface area contributed by atoms with Crippen LogP contribution in [0, 0.1) is 0 Å². The second kappa shape index (κ2) is 5.94. The summed E-state index contributed by atoms with van der Waals surface area (Å²) >= 11 is 0. The minimum atomic E-state index is -0.305. The lowest BCUT2D eigenvalue weighted by Gasteiger charge is -2.32. The molecule has 3 nitrogen and oxygen atoms in total. The number of benzene rings is 1. The fourth-order valence-corrected chi connectivity index (χ4v) is 2.72. The quantitative estimate of drug-likeness (QED) is 0.908. The number of hydrogen-bond acceptors (Lipinski definition) is 3. The van der Waals surface area contributed by atoms with E-state index in [0.717, 1.165) is 34.6 Å². The summed E-state index contributed by atoms with van der Waals surface area (Å²) < 4.78 is 11.6. The van der Waals surface area contributed by atoms with Gasteiger partial charge in [0.2, 0.25) is 0 Å². The van der Waals surface area contributed by atoms with Gasteiger partial charge in [-0.1, -0.05) is 13.0 Å². The van der Waals surface area contributed by atoms with Crippen LogP contribution < -0.4 is 9.47 Å². The highest BCUT2D eigenvalue weighted by Crippen LogP contribution is 2.42. The molecule has 0 saturated heterocycles. The first-order valence-electron chi connectivity index (χ1n) is 7.33. The molecule has 1 aromatic carbocycles. The van der Waals surface area contributed by atoms with Crippen molar-refractivity contribution in [1.82, 2.24) is 0 Å². The van der Waals surface area contributed by atoms with Crippen molar-refractivity contribution < 1.29 is 14.6 Å². The van der Waals surface area contributed by atoms with Crippen LogP contribution in [0.4, 0.5) is 0 Å². The molecule has 0 atom stereocenters. The molecule has 21 heavy (non-hydrogen) atoms. The van der Waals surface area contributed by atoms with E-state index in [-0.39, 0.29) is 12.2 Å². The van der Waals surface area contributed by atoms with E-state index >= 15 is 0 Å². The first kappa shape index (κ1) is 15.6. The van der Waals surface area contributed by atoms with Gasteiger partial charge in [-0.2, -0.15) is 0 Å². The Morgan fingerprint density at radius 2 is 2.10 bits per heavy atom. The minimum Gasteiger partial charge on any atom is -0.496 e. The van der Waals surface area contributed by atoms with Crippen molar-refractivity contribution in [3.05, 3.63) is 35.4 Å². The zero-order valence-corrected chi connectivity index (χ0v) is 13.5. The summed E-state index contributed by atoms with van der Waals surface area (Å²) in [6, 6.07) is 4.05. The van der Waals surface area contributed by atoms with Gasteiger partial charge >= 0.3 is 0 Å². The van der Waals surface area contributed by atoms with Crippen LogP contribution in [0.2, 0.25) is 0 Å². The number of methoxy groups -OCH3 is 1. The van der Waals surface area contributed by atoms with E-state index in [2.05, 4.69) is 32.9 Å². The predicted molar refractivity (Wildman–Crippen MR) is 86.7 cm³/mol. The van der Waals surface area contributed by atoms with Crippen LogP contribution in [0.3, 0.4) is 0 Å². The molecule has 0 amide bonds. The molecule has 114 valence electrons. The van der Waals surface area contributed by atoms with Crippen molar-refractivity contribution in [2.75, 3.05) is 13.7 Å². The van der Waals surface area contributed by atoms with E-state index in [1.54, 1.807) is 13.2 Å². The summed E-state index contributed by atoms with van der Waals surface area (Å²) in [5.41, 5.74) is 4.08. The van der Waals surface area contributed by atoms with E-state index in [1.807, 2.05) is 13.0 Å². The Kier molecular flexibility index (Phi) is 4.43. The van der Waals surface area contributed by atoms with Crippen molar-refractivity contribution in [3.63, 3.8) is 0 Å². The number of aliphatic hydroxyl groups is 1. The van der Waals surface area contributed by atoms with Crippen molar-refractivity contribution in [1.29, 1.82) is 0 Å². The SMILES string of the molecule is CCC1=CC(C)(C)Oc2cc(OC)c(/C(C)=C/CO)cc21. The fraction of sp³-hybridized carbons (Fsp3) is 0.444. The average molecular weight is 288 g/mol. The van der Waals surface area contributed by atoms with Crippen LogP contribution in [-0.2, 0) is 0 Å². The smallest absolute Gasteiger partial charge is 0.131 e. The molecule has 0 spiro atoms. The van der Waals surface area contributed by atoms with E-state index < -0.39 is 0 Å². The van der Waals surface area contributed by atoms with Gasteiger partial charge in [-0.15, -0.1) is 0 Å². The Morgan fingerprint density at radius 1 is 1.38 bits per heavy atom. The number of ether oxygens (including phenoxy) is 2. The van der Waals surface area contributed by atoms with Gasteiger partial charge in [-0.3, -0.25) is 0 Å². The van der Waals surface area contributed by atoms with Gasteiger partial charge in [-0.05, 0) is 50.5 Å². The Balaban J connectivity index is 2.62. The highest BCUT2D eigenvalue weighted by molar-refractivity contribution is 5.80. The largest absolute Gasteiger partial charge is 0.496 e. The van der Waals surface area contributed by atoms with Crippen molar-refractivity contribution in [2.24, 2.45) is 0 Å². The Hall–Kier alpha value is -1.74. The van der Waals surface area contributed by atoms with Gasteiger partial charge in [0, 0.05) is 17.2 Å².